The summed E-state index contributed by atoms with van der Waals surface area (Å²) in [6.45, 7) is 1.79. The molecule has 6 heteroatoms. The quantitative estimate of drug-likeness (QED) is 0.350. The van der Waals surface area contributed by atoms with Crippen LogP contribution in [-0.4, -0.2) is 5.91 Å². The third-order valence-electron chi connectivity index (χ3n) is 1.44. The fraction of sp³-hybridized carbons (Fsp3) is 0.125. The first-order chi connectivity index (χ1) is 6.63. The van der Waals surface area contributed by atoms with Gasteiger partial charge in [0.2, 0.25) is 5.91 Å². The van der Waals surface area contributed by atoms with Crippen LogP contribution in [0.25, 0.3) is 16.0 Å². The Morgan fingerprint density at radius 2 is 2.50 bits per heavy atom. The van der Waals surface area contributed by atoms with E-state index in [0.717, 1.165) is 14.9 Å². The second-order valence-corrected chi connectivity index (χ2v) is 4.31. The molecule has 0 fully saturated rings. The number of allylic oxidation sites excluding steroid dienone is 1. The van der Waals surface area contributed by atoms with Crippen LogP contribution in [0, 0.1) is 0 Å². The molecular weight excluding hydrogens is 266 g/mol. The zero-order valence-corrected chi connectivity index (χ0v) is 9.67. The van der Waals surface area contributed by atoms with E-state index in [1.54, 1.807) is 6.92 Å². The van der Waals surface area contributed by atoms with Crippen LogP contribution >= 0.6 is 27.3 Å². The molecule has 0 saturated carbocycles. The summed E-state index contributed by atoms with van der Waals surface area (Å²) in [7, 11) is 0. The van der Waals surface area contributed by atoms with E-state index in [-0.39, 0.29) is 0 Å². The van der Waals surface area contributed by atoms with Crippen molar-refractivity contribution in [3.05, 3.63) is 37.3 Å². The second kappa shape index (κ2) is 4.95. The van der Waals surface area contributed by atoms with Crippen molar-refractivity contribution in [2.75, 3.05) is 0 Å². The topological polar surface area (TPSA) is 65.8 Å². The maximum atomic E-state index is 10.9. The van der Waals surface area contributed by atoms with Crippen molar-refractivity contribution < 1.29 is 4.79 Å². The molecule has 1 heterocycles. The van der Waals surface area contributed by atoms with Gasteiger partial charge >= 0.3 is 0 Å². The molecule has 0 aliphatic heterocycles. The van der Waals surface area contributed by atoms with Crippen molar-refractivity contribution in [2.24, 2.45) is 5.11 Å². The third-order valence-corrected chi connectivity index (χ3v) is 3.27. The number of nitrogens with zero attached hydrogens (tertiary/aromatic N) is 3. The van der Waals surface area contributed by atoms with Crippen molar-refractivity contribution in [3.8, 4) is 0 Å². The summed E-state index contributed by atoms with van der Waals surface area (Å²) in [4.78, 5) is 14.3. The summed E-state index contributed by atoms with van der Waals surface area (Å²) >= 11 is 4.83. The number of azide groups is 1. The van der Waals surface area contributed by atoms with E-state index < -0.39 is 5.91 Å². The molecule has 0 aliphatic rings. The first-order valence-electron chi connectivity index (χ1n) is 3.65. The van der Waals surface area contributed by atoms with Crippen LogP contribution < -0.4 is 0 Å². The zero-order chi connectivity index (χ0) is 10.6. The highest BCUT2D eigenvalue weighted by atomic mass is 79.9. The van der Waals surface area contributed by atoms with Gasteiger partial charge in [-0.2, -0.15) is 0 Å². The smallest absolute Gasteiger partial charge is 0.242 e. The highest BCUT2D eigenvalue weighted by Gasteiger charge is 2.01. The maximum Gasteiger partial charge on any atom is 0.242 e. The van der Waals surface area contributed by atoms with Crippen LogP contribution in [0.3, 0.4) is 0 Å². The van der Waals surface area contributed by atoms with E-state index in [9.17, 15) is 4.79 Å². The third kappa shape index (κ3) is 2.99. The van der Waals surface area contributed by atoms with E-state index in [1.807, 2.05) is 11.4 Å². The minimum Gasteiger partial charge on any atom is -0.288 e. The van der Waals surface area contributed by atoms with Gasteiger partial charge in [-0.05, 0) is 51.2 Å². The van der Waals surface area contributed by atoms with Gasteiger partial charge in [-0.1, -0.05) is 0 Å². The zero-order valence-electron chi connectivity index (χ0n) is 7.27. The Bertz CT molecular complexity index is 432. The van der Waals surface area contributed by atoms with Gasteiger partial charge in [0.15, 0.2) is 0 Å². The minimum absolute atomic E-state index is 0.575. The largest absolute Gasteiger partial charge is 0.288 e. The van der Waals surface area contributed by atoms with Crippen LogP contribution in [-0.2, 0) is 4.79 Å². The Morgan fingerprint density at radius 3 is 3.00 bits per heavy atom. The molecule has 0 saturated heterocycles. The van der Waals surface area contributed by atoms with Gasteiger partial charge in [0, 0.05) is 19.6 Å². The molecule has 1 aromatic heterocycles. The summed E-state index contributed by atoms with van der Waals surface area (Å²) < 4.78 is 0.974. The SMILES string of the molecule is C/C(=C/C(=O)N=[N+]=[N-])c1cc(Br)cs1. The standard InChI is InChI=1S/C8H6BrN3OS/c1-5(2-8(13)11-12-10)7-3-6(9)4-14-7/h2-4H,1H3/b5-2-. The Hall–Kier alpha value is -1.10. The van der Waals surface area contributed by atoms with Crippen LogP contribution in [0.4, 0.5) is 0 Å². The maximum absolute atomic E-state index is 10.9. The monoisotopic (exact) mass is 271 g/mol. The number of hydrogen-bond acceptors (Lipinski definition) is 2. The molecule has 0 atom stereocenters. The molecule has 0 aromatic carbocycles. The summed E-state index contributed by atoms with van der Waals surface area (Å²) in [5.41, 5.74) is 8.82. The number of carbonyl (C=O) groups is 1. The van der Waals surface area contributed by atoms with Crippen molar-refractivity contribution in [1.82, 2.24) is 0 Å². The van der Waals surface area contributed by atoms with Gasteiger partial charge in [0.1, 0.15) is 0 Å². The fourth-order valence-electron chi connectivity index (χ4n) is 0.849. The molecule has 0 unspecified atom stereocenters. The predicted octanol–water partition coefficient (Wildman–Crippen LogP) is 3.75. The Kier molecular flexibility index (Phi) is 3.88. The molecule has 72 valence electrons. The number of halogens is 1. The fourth-order valence-corrected chi connectivity index (χ4v) is 2.26. The van der Waals surface area contributed by atoms with Gasteiger partial charge < -0.3 is 0 Å². The van der Waals surface area contributed by atoms with Crippen LogP contribution in [0.2, 0.25) is 0 Å². The first kappa shape index (κ1) is 11.0. The summed E-state index contributed by atoms with van der Waals surface area (Å²) in [5, 5.41) is 4.88. The molecule has 1 amide bonds. The summed E-state index contributed by atoms with van der Waals surface area (Å²) in [6.07, 6.45) is 1.32. The molecule has 4 nitrogen and oxygen atoms in total. The molecular formula is C8H6BrN3OS. The van der Waals surface area contributed by atoms with Gasteiger partial charge in [-0.25, -0.2) is 0 Å². The van der Waals surface area contributed by atoms with Crippen molar-refractivity contribution in [1.29, 1.82) is 0 Å². The van der Waals surface area contributed by atoms with Crippen molar-refractivity contribution in [2.45, 2.75) is 6.92 Å². The lowest BCUT2D eigenvalue weighted by atomic mass is 10.2. The highest BCUT2D eigenvalue weighted by molar-refractivity contribution is 9.10. The molecule has 0 bridgehead atoms. The van der Waals surface area contributed by atoms with Crippen LogP contribution in [0.1, 0.15) is 11.8 Å². The van der Waals surface area contributed by atoms with Crippen molar-refractivity contribution >= 4 is 38.7 Å². The van der Waals surface area contributed by atoms with E-state index in [4.69, 9.17) is 5.53 Å². The Morgan fingerprint density at radius 1 is 1.79 bits per heavy atom. The molecule has 14 heavy (non-hydrogen) atoms. The Balaban J connectivity index is 2.89. The normalized spacial score (nSPS) is 10.9. The summed E-state index contributed by atoms with van der Waals surface area (Å²) in [6, 6.07) is 1.90. The lowest BCUT2D eigenvalue weighted by Crippen LogP contribution is -1.85. The molecule has 1 rings (SSSR count). The number of hydrogen-bond donors (Lipinski definition) is 0. The average Bonchev–Trinajstić information content (AvgIpc) is 2.52. The van der Waals surface area contributed by atoms with Crippen LogP contribution in [0.15, 0.2) is 27.1 Å². The number of amides is 1. The molecule has 0 aliphatic carbocycles. The van der Waals surface area contributed by atoms with Gasteiger partial charge in [0.25, 0.3) is 0 Å². The Labute approximate surface area is 93.0 Å². The van der Waals surface area contributed by atoms with E-state index >= 15 is 0 Å². The van der Waals surface area contributed by atoms with E-state index in [0.29, 0.717) is 0 Å². The molecule has 0 spiro atoms. The van der Waals surface area contributed by atoms with E-state index in [2.05, 4.69) is 26.0 Å². The second-order valence-electron chi connectivity index (χ2n) is 2.48. The van der Waals surface area contributed by atoms with Gasteiger partial charge in [-0.3, -0.25) is 4.79 Å². The van der Waals surface area contributed by atoms with Crippen LogP contribution in [0.5, 0.6) is 0 Å². The highest BCUT2D eigenvalue weighted by Crippen LogP contribution is 2.25. The molecule has 1 aromatic rings. The first-order valence-corrected chi connectivity index (χ1v) is 5.32. The minimum atomic E-state index is -0.575. The lowest BCUT2D eigenvalue weighted by molar-refractivity contribution is -0.113. The van der Waals surface area contributed by atoms with Crippen molar-refractivity contribution in [3.63, 3.8) is 0 Å². The summed E-state index contributed by atoms with van der Waals surface area (Å²) in [5.74, 6) is -0.575. The van der Waals surface area contributed by atoms with E-state index in [1.165, 1.54) is 17.4 Å². The van der Waals surface area contributed by atoms with Gasteiger partial charge in [-0.15, -0.1) is 11.3 Å². The number of thiophene rings is 1. The molecule has 0 radical (unpaired) electrons. The average molecular weight is 272 g/mol. The number of rotatable bonds is 2. The van der Waals surface area contributed by atoms with Gasteiger partial charge in [0.05, 0.1) is 0 Å². The predicted molar refractivity (Wildman–Crippen MR) is 59.8 cm³/mol. The lowest BCUT2D eigenvalue weighted by Gasteiger charge is -1.92. The molecule has 0 N–H and O–H groups in total. The number of carbonyl (C=O) groups excluding carboxylic acids is 1.